The number of rotatable bonds is 5. The van der Waals surface area contributed by atoms with E-state index in [9.17, 15) is 0 Å². The number of benzene rings is 1. The van der Waals surface area contributed by atoms with Crippen molar-refractivity contribution >= 4 is 11.5 Å². The molecular formula is C29H32N4O2. The maximum absolute atomic E-state index is 5.93. The second-order valence-electron chi connectivity index (χ2n) is 11.2. The summed E-state index contributed by atoms with van der Waals surface area (Å²) in [6.45, 7) is 3.92. The standard InChI is InChI=1S/C29H32N4O2/c1-17-26(18(2)35-32-17)22-7-8-23(24(13-22)34-3)27-28(33-9-5-4-6-25(33)30-27)31-29-14-19-10-20(15-29)12-21(11-19)16-29/h4-9,13,19-21,31H,10-12,14-16H2,1-3H3. The SMILES string of the molecule is COc1cc(-c2c(C)noc2C)ccc1-c1nc2ccccn2c1NC12CC3CC(CC(C3)C1)C2. The van der Waals surface area contributed by atoms with Crippen LogP contribution < -0.4 is 10.1 Å². The molecule has 8 rings (SSSR count). The minimum atomic E-state index is 0.180. The quantitative estimate of drug-likeness (QED) is 0.355. The van der Waals surface area contributed by atoms with Gasteiger partial charge in [-0.2, -0.15) is 0 Å². The molecule has 0 aliphatic heterocycles. The predicted octanol–water partition coefficient (Wildman–Crippen LogP) is 6.66. The average Bonchev–Trinajstić information content (AvgIpc) is 3.36. The number of nitrogens with zero attached hydrogens (tertiary/aromatic N) is 3. The van der Waals surface area contributed by atoms with Crippen molar-refractivity contribution in [1.82, 2.24) is 14.5 Å². The molecule has 4 aliphatic rings. The van der Waals surface area contributed by atoms with Crippen LogP contribution in [0.3, 0.4) is 0 Å². The minimum absolute atomic E-state index is 0.180. The monoisotopic (exact) mass is 468 g/mol. The molecule has 35 heavy (non-hydrogen) atoms. The van der Waals surface area contributed by atoms with E-state index < -0.39 is 0 Å². The van der Waals surface area contributed by atoms with Crippen LogP contribution in [0.1, 0.15) is 50.0 Å². The zero-order valence-corrected chi connectivity index (χ0v) is 20.7. The van der Waals surface area contributed by atoms with E-state index in [1.54, 1.807) is 7.11 Å². The van der Waals surface area contributed by atoms with Gasteiger partial charge in [0.2, 0.25) is 0 Å². The number of anilines is 1. The van der Waals surface area contributed by atoms with Crippen LogP contribution in [0.5, 0.6) is 5.75 Å². The molecule has 0 radical (unpaired) electrons. The van der Waals surface area contributed by atoms with Gasteiger partial charge < -0.3 is 14.6 Å². The van der Waals surface area contributed by atoms with Crippen molar-refractivity contribution in [1.29, 1.82) is 0 Å². The van der Waals surface area contributed by atoms with Crippen LogP contribution in [-0.2, 0) is 0 Å². The van der Waals surface area contributed by atoms with Crippen LogP contribution in [-0.4, -0.2) is 27.2 Å². The molecule has 4 fully saturated rings. The van der Waals surface area contributed by atoms with Crippen molar-refractivity contribution in [3.8, 4) is 28.1 Å². The highest BCUT2D eigenvalue weighted by molar-refractivity contribution is 5.83. The maximum Gasteiger partial charge on any atom is 0.141 e. The summed E-state index contributed by atoms with van der Waals surface area (Å²) in [6.07, 6.45) is 10.2. The van der Waals surface area contributed by atoms with Gasteiger partial charge in [0.25, 0.3) is 0 Å². The van der Waals surface area contributed by atoms with Gasteiger partial charge in [0.05, 0.1) is 12.8 Å². The minimum Gasteiger partial charge on any atom is -0.496 e. The summed E-state index contributed by atoms with van der Waals surface area (Å²) in [6, 6.07) is 12.6. The Labute approximate surface area is 205 Å². The molecule has 180 valence electrons. The molecule has 0 spiro atoms. The number of imidazole rings is 1. The Morgan fingerprint density at radius 3 is 2.43 bits per heavy atom. The van der Waals surface area contributed by atoms with Crippen LogP contribution in [0.4, 0.5) is 5.82 Å². The van der Waals surface area contributed by atoms with Crippen molar-refractivity contribution in [2.75, 3.05) is 12.4 Å². The summed E-state index contributed by atoms with van der Waals surface area (Å²) in [5, 5.41) is 8.24. The Balaban J connectivity index is 1.35. The fraction of sp³-hybridized carbons (Fsp3) is 0.448. The highest BCUT2D eigenvalue weighted by Crippen LogP contribution is 2.57. The molecule has 3 heterocycles. The number of hydrogen-bond donors (Lipinski definition) is 1. The van der Waals surface area contributed by atoms with Crippen molar-refractivity contribution in [3.63, 3.8) is 0 Å². The zero-order valence-electron chi connectivity index (χ0n) is 20.7. The molecule has 0 atom stereocenters. The number of ether oxygens (including phenoxy) is 1. The lowest BCUT2D eigenvalue weighted by atomic mass is 9.53. The number of hydrogen-bond acceptors (Lipinski definition) is 5. The van der Waals surface area contributed by atoms with Crippen molar-refractivity contribution in [2.45, 2.75) is 57.9 Å². The molecule has 1 N–H and O–H groups in total. The van der Waals surface area contributed by atoms with Gasteiger partial charge in [0, 0.05) is 22.9 Å². The lowest BCUT2D eigenvalue weighted by Crippen LogP contribution is -2.55. The molecule has 0 unspecified atom stereocenters. The Morgan fingerprint density at radius 2 is 1.77 bits per heavy atom. The van der Waals surface area contributed by atoms with Gasteiger partial charge in [-0.25, -0.2) is 4.98 Å². The molecule has 4 saturated carbocycles. The van der Waals surface area contributed by atoms with Crippen molar-refractivity contribution in [2.24, 2.45) is 17.8 Å². The van der Waals surface area contributed by atoms with Crippen LogP contribution in [0, 0.1) is 31.6 Å². The first kappa shape index (κ1) is 21.0. The Hall–Kier alpha value is -3.28. The summed E-state index contributed by atoms with van der Waals surface area (Å²) in [5.74, 6) is 5.33. The average molecular weight is 469 g/mol. The molecular weight excluding hydrogens is 436 g/mol. The van der Waals surface area contributed by atoms with E-state index in [0.717, 1.165) is 68.8 Å². The normalized spacial score (nSPS) is 27.0. The third-order valence-electron chi connectivity index (χ3n) is 8.73. The lowest BCUT2D eigenvalue weighted by molar-refractivity contribution is 0.0105. The number of aryl methyl sites for hydroxylation is 2. The van der Waals surface area contributed by atoms with Gasteiger partial charge in [-0.05, 0) is 100.0 Å². The highest BCUT2D eigenvalue weighted by Gasteiger charge is 2.51. The molecule has 6 nitrogen and oxygen atoms in total. The van der Waals surface area contributed by atoms with Gasteiger partial charge in [0.1, 0.15) is 28.7 Å². The van der Waals surface area contributed by atoms with Crippen molar-refractivity contribution < 1.29 is 9.26 Å². The van der Waals surface area contributed by atoms with E-state index in [0.29, 0.717) is 0 Å². The highest BCUT2D eigenvalue weighted by atomic mass is 16.5. The first-order valence-corrected chi connectivity index (χ1v) is 12.9. The fourth-order valence-corrected chi connectivity index (χ4v) is 7.76. The molecule has 4 aromatic rings. The topological polar surface area (TPSA) is 64.6 Å². The summed E-state index contributed by atoms with van der Waals surface area (Å²) < 4.78 is 13.6. The number of pyridine rings is 1. The molecule has 4 aliphatic carbocycles. The molecule has 0 saturated heterocycles. The van der Waals surface area contributed by atoms with E-state index in [4.69, 9.17) is 14.2 Å². The maximum atomic E-state index is 5.93. The van der Waals surface area contributed by atoms with Crippen LogP contribution >= 0.6 is 0 Å². The third-order valence-corrected chi connectivity index (χ3v) is 8.73. The van der Waals surface area contributed by atoms with Gasteiger partial charge in [-0.1, -0.05) is 17.3 Å². The second kappa shape index (κ2) is 7.61. The van der Waals surface area contributed by atoms with Crippen molar-refractivity contribution in [3.05, 3.63) is 54.0 Å². The molecule has 3 aromatic heterocycles. The zero-order chi connectivity index (χ0) is 23.7. The van der Waals surface area contributed by atoms with Gasteiger partial charge in [-0.3, -0.25) is 4.40 Å². The largest absolute Gasteiger partial charge is 0.496 e. The number of fused-ring (bicyclic) bond motifs is 1. The number of nitrogens with one attached hydrogen (secondary N) is 1. The van der Waals surface area contributed by atoms with E-state index in [-0.39, 0.29) is 5.54 Å². The number of aromatic nitrogens is 3. The number of methoxy groups -OCH3 is 1. The van der Waals surface area contributed by atoms with Crippen LogP contribution in [0.2, 0.25) is 0 Å². The first-order valence-electron chi connectivity index (χ1n) is 12.9. The molecule has 4 bridgehead atoms. The summed E-state index contributed by atoms with van der Waals surface area (Å²) in [5.41, 5.74) is 6.03. The Bertz CT molecular complexity index is 1380. The van der Waals surface area contributed by atoms with E-state index in [1.807, 2.05) is 13.8 Å². The smallest absolute Gasteiger partial charge is 0.141 e. The van der Waals surface area contributed by atoms with Gasteiger partial charge in [0.15, 0.2) is 0 Å². The van der Waals surface area contributed by atoms with Gasteiger partial charge in [-0.15, -0.1) is 0 Å². The predicted molar refractivity (Wildman–Crippen MR) is 137 cm³/mol. The lowest BCUT2D eigenvalue weighted by Gasteiger charge is -2.57. The van der Waals surface area contributed by atoms with E-state index in [2.05, 4.69) is 57.5 Å². The summed E-state index contributed by atoms with van der Waals surface area (Å²) >= 11 is 0. The molecule has 6 heteroatoms. The second-order valence-corrected chi connectivity index (χ2v) is 11.2. The summed E-state index contributed by atoms with van der Waals surface area (Å²) in [7, 11) is 1.73. The van der Waals surface area contributed by atoms with E-state index in [1.165, 1.54) is 38.5 Å². The van der Waals surface area contributed by atoms with E-state index >= 15 is 0 Å². The Kier molecular flexibility index (Phi) is 4.57. The van der Waals surface area contributed by atoms with Crippen LogP contribution in [0.15, 0.2) is 47.1 Å². The fourth-order valence-electron chi connectivity index (χ4n) is 7.76. The third kappa shape index (κ3) is 3.29. The first-order chi connectivity index (χ1) is 17.0. The van der Waals surface area contributed by atoms with Gasteiger partial charge >= 0.3 is 0 Å². The molecule has 1 aromatic carbocycles. The Morgan fingerprint density at radius 1 is 1.03 bits per heavy atom. The summed E-state index contributed by atoms with van der Waals surface area (Å²) in [4.78, 5) is 5.11. The molecule has 0 amide bonds. The van der Waals surface area contributed by atoms with Crippen LogP contribution in [0.25, 0.3) is 28.0 Å².